The number of nitrogens with one attached hydrogen (secondary N) is 2. The molecule has 1 heterocycles. The molecule has 18 heavy (non-hydrogen) atoms. The quantitative estimate of drug-likeness (QED) is 0.593. The zero-order chi connectivity index (χ0) is 13.2. The number of rotatable bonds is 9. The van der Waals surface area contributed by atoms with E-state index in [1.54, 1.807) is 7.11 Å². The molecule has 0 spiro atoms. The van der Waals surface area contributed by atoms with Crippen LogP contribution in [0.3, 0.4) is 0 Å². The molecule has 2 N–H and O–H groups in total. The maximum absolute atomic E-state index is 11.8. The Morgan fingerprint density at radius 2 is 2.17 bits per heavy atom. The Balaban J connectivity index is 1.92. The third kappa shape index (κ3) is 5.80. The van der Waals surface area contributed by atoms with Crippen LogP contribution in [0.2, 0.25) is 0 Å². The van der Waals surface area contributed by atoms with Gasteiger partial charge >= 0.3 is 0 Å². The Labute approximate surface area is 110 Å². The summed E-state index contributed by atoms with van der Waals surface area (Å²) < 4.78 is 10.2. The maximum Gasteiger partial charge on any atom is 0.237 e. The molecule has 1 aliphatic rings. The van der Waals surface area contributed by atoms with Crippen LogP contribution in [0.5, 0.6) is 0 Å². The highest BCUT2D eigenvalue weighted by Gasteiger charge is 2.28. The molecule has 1 fully saturated rings. The number of carbonyl (C=O) groups excluding carboxylic acids is 1. The topological polar surface area (TPSA) is 59.6 Å². The van der Waals surface area contributed by atoms with Crippen LogP contribution in [0.25, 0.3) is 0 Å². The second kappa shape index (κ2) is 9.30. The summed E-state index contributed by atoms with van der Waals surface area (Å²) in [5.74, 6) is 0.586. The minimum Gasteiger partial charge on any atom is -0.382 e. The van der Waals surface area contributed by atoms with E-state index < -0.39 is 0 Å². The van der Waals surface area contributed by atoms with Gasteiger partial charge in [0.15, 0.2) is 0 Å². The fraction of sp³-hybridized carbons (Fsp3) is 0.923. The van der Waals surface area contributed by atoms with Crippen LogP contribution in [0, 0.1) is 5.92 Å². The van der Waals surface area contributed by atoms with Gasteiger partial charge in [-0.3, -0.25) is 4.79 Å². The SMILES string of the molecule is COCCOCCCCNC(=O)C1NCCC1C. The zero-order valence-corrected chi connectivity index (χ0v) is 11.5. The second-order valence-electron chi connectivity index (χ2n) is 4.80. The van der Waals surface area contributed by atoms with Crippen molar-refractivity contribution in [3.63, 3.8) is 0 Å². The van der Waals surface area contributed by atoms with Crippen molar-refractivity contribution in [2.24, 2.45) is 5.92 Å². The molecule has 1 amide bonds. The average Bonchev–Trinajstić information content (AvgIpc) is 2.79. The third-order valence-corrected chi connectivity index (χ3v) is 3.26. The summed E-state index contributed by atoms with van der Waals surface area (Å²) in [5.41, 5.74) is 0. The standard InChI is InChI=1S/C13H26N2O3/c1-11-5-7-14-12(11)13(16)15-6-3-4-8-18-10-9-17-2/h11-12,14H,3-10H2,1-2H3,(H,15,16). The summed E-state index contributed by atoms with van der Waals surface area (Å²) in [7, 11) is 1.66. The average molecular weight is 258 g/mol. The smallest absolute Gasteiger partial charge is 0.237 e. The molecular weight excluding hydrogens is 232 g/mol. The van der Waals surface area contributed by atoms with Gasteiger partial charge in [-0.25, -0.2) is 0 Å². The number of hydrogen-bond donors (Lipinski definition) is 2. The molecule has 106 valence electrons. The number of unbranched alkanes of at least 4 members (excludes halogenated alkanes) is 1. The molecule has 0 saturated carbocycles. The van der Waals surface area contributed by atoms with Crippen molar-refractivity contribution in [3.05, 3.63) is 0 Å². The van der Waals surface area contributed by atoms with E-state index in [0.29, 0.717) is 19.1 Å². The van der Waals surface area contributed by atoms with E-state index in [-0.39, 0.29) is 11.9 Å². The van der Waals surface area contributed by atoms with Gasteiger partial charge in [0.2, 0.25) is 5.91 Å². The van der Waals surface area contributed by atoms with Gasteiger partial charge in [-0.2, -0.15) is 0 Å². The molecule has 1 aliphatic heterocycles. The van der Waals surface area contributed by atoms with Gasteiger partial charge in [0.25, 0.3) is 0 Å². The van der Waals surface area contributed by atoms with Crippen LogP contribution in [-0.4, -0.2) is 52.0 Å². The van der Waals surface area contributed by atoms with Crippen molar-refractivity contribution in [2.75, 3.05) is 40.0 Å². The van der Waals surface area contributed by atoms with E-state index in [0.717, 1.165) is 39.0 Å². The molecule has 1 rings (SSSR count). The van der Waals surface area contributed by atoms with Crippen molar-refractivity contribution in [1.29, 1.82) is 0 Å². The predicted molar refractivity (Wildman–Crippen MR) is 70.5 cm³/mol. The normalized spacial score (nSPS) is 23.2. The minimum atomic E-state index is 0.00273. The molecule has 0 aliphatic carbocycles. The number of hydrogen-bond acceptors (Lipinski definition) is 4. The van der Waals surface area contributed by atoms with E-state index in [1.807, 2.05) is 0 Å². The lowest BCUT2D eigenvalue weighted by molar-refractivity contribution is -0.123. The predicted octanol–water partition coefficient (Wildman–Crippen LogP) is 0.544. The van der Waals surface area contributed by atoms with E-state index >= 15 is 0 Å². The Morgan fingerprint density at radius 3 is 2.83 bits per heavy atom. The Morgan fingerprint density at radius 1 is 1.33 bits per heavy atom. The molecule has 0 radical (unpaired) electrons. The summed E-state index contributed by atoms with van der Waals surface area (Å²) in [6.45, 7) is 5.82. The van der Waals surface area contributed by atoms with Gasteiger partial charge in [0, 0.05) is 20.3 Å². The van der Waals surface area contributed by atoms with Gasteiger partial charge in [-0.1, -0.05) is 6.92 Å². The lowest BCUT2D eigenvalue weighted by Crippen LogP contribution is -2.43. The van der Waals surface area contributed by atoms with Crippen LogP contribution < -0.4 is 10.6 Å². The van der Waals surface area contributed by atoms with E-state index in [1.165, 1.54) is 0 Å². The van der Waals surface area contributed by atoms with Crippen LogP contribution >= 0.6 is 0 Å². The molecule has 5 nitrogen and oxygen atoms in total. The maximum atomic E-state index is 11.8. The van der Waals surface area contributed by atoms with Gasteiger partial charge in [0.1, 0.15) is 0 Å². The van der Waals surface area contributed by atoms with E-state index in [2.05, 4.69) is 17.6 Å². The lowest BCUT2D eigenvalue weighted by atomic mass is 10.0. The van der Waals surface area contributed by atoms with Crippen molar-refractivity contribution < 1.29 is 14.3 Å². The van der Waals surface area contributed by atoms with Crippen LogP contribution in [0.15, 0.2) is 0 Å². The first-order chi connectivity index (χ1) is 8.75. The molecule has 5 heteroatoms. The Bertz CT molecular complexity index is 236. The van der Waals surface area contributed by atoms with Crippen LogP contribution in [0.4, 0.5) is 0 Å². The summed E-state index contributed by atoms with van der Waals surface area (Å²) in [6, 6.07) is 0.00273. The van der Waals surface area contributed by atoms with Crippen molar-refractivity contribution in [2.45, 2.75) is 32.2 Å². The summed E-state index contributed by atoms with van der Waals surface area (Å²) in [5, 5.41) is 6.21. The third-order valence-electron chi connectivity index (χ3n) is 3.26. The molecule has 1 saturated heterocycles. The molecule has 0 aromatic rings. The summed E-state index contributed by atoms with van der Waals surface area (Å²) >= 11 is 0. The van der Waals surface area contributed by atoms with E-state index in [9.17, 15) is 4.79 Å². The van der Waals surface area contributed by atoms with Crippen molar-refractivity contribution in [3.8, 4) is 0 Å². The lowest BCUT2D eigenvalue weighted by Gasteiger charge is -2.15. The van der Waals surface area contributed by atoms with Gasteiger partial charge in [-0.15, -0.1) is 0 Å². The fourth-order valence-electron chi connectivity index (χ4n) is 2.08. The molecule has 2 atom stereocenters. The minimum absolute atomic E-state index is 0.00273. The van der Waals surface area contributed by atoms with Crippen LogP contribution in [0.1, 0.15) is 26.2 Å². The number of amides is 1. The van der Waals surface area contributed by atoms with E-state index in [4.69, 9.17) is 9.47 Å². The number of carbonyl (C=O) groups is 1. The van der Waals surface area contributed by atoms with Crippen molar-refractivity contribution >= 4 is 5.91 Å². The molecule has 0 bridgehead atoms. The Kier molecular flexibility index (Phi) is 7.96. The number of ether oxygens (including phenoxy) is 2. The largest absolute Gasteiger partial charge is 0.382 e. The first-order valence-corrected chi connectivity index (χ1v) is 6.83. The highest BCUT2D eigenvalue weighted by atomic mass is 16.5. The number of methoxy groups -OCH3 is 1. The zero-order valence-electron chi connectivity index (χ0n) is 11.5. The first kappa shape index (κ1) is 15.4. The summed E-state index contributed by atoms with van der Waals surface area (Å²) in [4.78, 5) is 11.8. The van der Waals surface area contributed by atoms with Gasteiger partial charge < -0.3 is 20.1 Å². The Hall–Kier alpha value is -0.650. The van der Waals surface area contributed by atoms with Gasteiger partial charge in [-0.05, 0) is 31.7 Å². The molecular formula is C13H26N2O3. The fourth-order valence-corrected chi connectivity index (χ4v) is 2.08. The highest BCUT2D eigenvalue weighted by molar-refractivity contribution is 5.82. The summed E-state index contributed by atoms with van der Waals surface area (Å²) in [6.07, 6.45) is 3.02. The molecule has 0 aromatic carbocycles. The van der Waals surface area contributed by atoms with Gasteiger partial charge in [0.05, 0.1) is 19.3 Å². The van der Waals surface area contributed by atoms with Crippen molar-refractivity contribution in [1.82, 2.24) is 10.6 Å². The van der Waals surface area contributed by atoms with Crippen LogP contribution in [-0.2, 0) is 14.3 Å². The highest BCUT2D eigenvalue weighted by Crippen LogP contribution is 2.13. The second-order valence-corrected chi connectivity index (χ2v) is 4.80. The molecule has 0 aromatic heterocycles. The first-order valence-electron chi connectivity index (χ1n) is 6.83. The monoisotopic (exact) mass is 258 g/mol. The molecule has 2 unspecified atom stereocenters.